The van der Waals surface area contributed by atoms with Crippen molar-refractivity contribution < 1.29 is 9.90 Å². The standard InChI is InChI=1S/C13H19NO2/c1-10(12-6-4-3-5-7-12)8-13(16)14-11(2)9-15/h3-7,10-11,15H,8-9H2,1-2H3,(H,14,16). The second-order valence-corrected chi connectivity index (χ2v) is 4.17. The highest BCUT2D eigenvalue weighted by atomic mass is 16.3. The molecule has 1 aromatic carbocycles. The van der Waals surface area contributed by atoms with E-state index in [-0.39, 0.29) is 24.5 Å². The number of rotatable bonds is 5. The van der Waals surface area contributed by atoms with Crippen LogP contribution in [0.1, 0.15) is 31.7 Å². The molecule has 1 amide bonds. The number of amides is 1. The summed E-state index contributed by atoms with van der Waals surface area (Å²) in [6.07, 6.45) is 0.453. The zero-order valence-electron chi connectivity index (χ0n) is 9.81. The quantitative estimate of drug-likeness (QED) is 0.794. The number of carbonyl (C=O) groups is 1. The fourth-order valence-electron chi connectivity index (χ4n) is 1.56. The Morgan fingerprint density at radius 1 is 1.31 bits per heavy atom. The summed E-state index contributed by atoms with van der Waals surface area (Å²) in [4.78, 5) is 11.6. The molecule has 0 aromatic heterocycles. The first-order valence-electron chi connectivity index (χ1n) is 5.58. The Bertz CT molecular complexity index is 324. The Morgan fingerprint density at radius 2 is 1.94 bits per heavy atom. The Balaban J connectivity index is 2.46. The summed E-state index contributed by atoms with van der Waals surface area (Å²) in [5.41, 5.74) is 1.16. The highest BCUT2D eigenvalue weighted by Crippen LogP contribution is 2.17. The van der Waals surface area contributed by atoms with Gasteiger partial charge in [-0.25, -0.2) is 0 Å². The van der Waals surface area contributed by atoms with Crippen LogP contribution in [-0.2, 0) is 4.79 Å². The van der Waals surface area contributed by atoms with Crippen LogP contribution in [0.15, 0.2) is 30.3 Å². The second kappa shape index (κ2) is 6.28. The maximum Gasteiger partial charge on any atom is 0.220 e. The minimum absolute atomic E-state index is 0.0158. The average molecular weight is 221 g/mol. The molecule has 2 N–H and O–H groups in total. The molecular formula is C13H19NO2. The minimum atomic E-state index is -0.171. The molecule has 0 saturated carbocycles. The number of aliphatic hydroxyl groups is 1. The first-order chi connectivity index (χ1) is 7.63. The summed E-state index contributed by atoms with van der Waals surface area (Å²) in [5, 5.41) is 11.6. The molecule has 0 aliphatic heterocycles. The van der Waals surface area contributed by atoms with Gasteiger partial charge in [0.2, 0.25) is 5.91 Å². The maximum absolute atomic E-state index is 11.6. The third-order valence-electron chi connectivity index (χ3n) is 2.54. The summed E-state index contributed by atoms with van der Waals surface area (Å²) in [6.45, 7) is 3.79. The van der Waals surface area contributed by atoms with Gasteiger partial charge in [0, 0.05) is 12.5 Å². The lowest BCUT2D eigenvalue weighted by Gasteiger charge is -2.14. The lowest BCUT2D eigenvalue weighted by atomic mass is 9.97. The molecule has 1 aromatic rings. The molecule has 0 bridgehead atoms. The Kier molecular flexibility index (Phi) is 4.99. The van der Waals surface area contributed by atoms with E-state index in [0.29, 0.717) is 6.42 Å². The molecule has 3 nitrogen and oxygen atoms in total. The van der Waals surface area contributed by atoms with Crippen molar-refractivity contribution in [2.45, 2.75) is 32.2 Å². The monoisotopic (exact) mass is 221 g/mol. The van der Waals surface area contributed by atoms with Gasteiger partial charge in [-0.15, -0.1) is 0 Å². The van der Waals surface area contributed by atoms with Crippen molar-refractivity contribution in [2.24, 2.45) is 0 Å². The van der Waals surface area contributed by atoms with E-state index in [4.69, 9.17) is 5.11 Å². The van der Waals surface area contributed by atoms with Crippen molar-refractivity contribution in [2.75, 3.05) is 6.61 Å². The molecule has 2 atom stereocenters. The smallest absolute Gasteiger partial charge is 0.220 e. The first-order valence-corrected chi connectivity index (χ1v) is 5.58. The predicted octanol–water partition coefficient (Wildman–Crippen LogP) is 1.68. The molecule has 16 heavy (non-hydrogen) atoms. The second-order valence-electron chi connectivity index (χ2n) is 4.17. The zero-order valence-corrected chi connectivity index (χ0v) is 9.81. The molecular weight excluding hydrogens is 202 g/mol. The Labute approximate surface area is 96.5 Å². The van der Waals surface area contributed by atoms with E-state index in [1.54, 1.807) is 6.92 Å². The summed E-state index contributed by atoms with van der Waals surface area (Å²) in [5.74, 6) is 0.185. The van der Waals surface area contributed by atoms with Crippen LogP contribution in [0.2, 0.25) is 0 Å². The third-order valence-corrected chi connectivity index (χ3v) is 2.54. The number of carbonyl (C=O) groups excluding carboxylic acids is 1. The molecule has 1 rings (SSSR count). The Hall–Kier alpha value is -1.35. The molecule has 0 spiro atoms. The number of nitrogens with one attached hydrogen (secondary N) is 1. The van der Waals surface area contributed by atoms with Gasteiger partial charge in [-0.2, -0.15) is 0 Å². The molecule has 88 valence electrons. The van der Waals surface area contributed by atoms with Gasteiger partial charge in [0.15, 0.2) is 0 Å². The molecule has 0 heterocycles. The van der Waals surface area contributed by atoms with E-state index < -0.39 is 0 Å². The number of aliphatic hydroxyl groups excluding tert-OH is 1. The fourth-order valence-corrected chi connectivity index (χ4v) is 1.56. The van der Waals surface area contributed by atoms with E-state index >= 15 is 0 Å². The SMILES string of the molecule is CC(CO)NC(=O)CC(C)c1ccccc1. The maximum atomic E-state index is 11.6. The number of hydrogen-bond donors (Lipinski definition) is 2. The molecule has 0 aliphatic carbocycles. The van der Waals surface area contributed by atoms with Crippen molar-refractivity contribution in [3.05, 3.63) is 35.9 Å². The van der Waals surface area contributed by atoms with Gasteiger partial charge in [-0.05, 0) is 18.4 Å². The number of benzene rings is 1. The molecule has 0 radical (unpaired) electrons. The lowest BCUT2D eigenvalue weighted by molar-refractivity contribution is -0.122. The van der Waals surface area contributed by atoms with E-state index in [2.05, 4.69) is 5.32 Å². The van der Waals surface area contributed by atoms with E-state index in [1.807, 2.05) is 37.3 Å². The minimum Gasteiger partial charge on any atom is -0.394 e. The summed E-state index contributed by atoms with van der Waals surface area (Å²) >= 11 is 0. The summed E-state index contributed by atoms with van der Waals surface area (Å²) < 4.78 is 0. The fraction of sp³-hybridized carbons (Fsp3) is 0.462. The molecule has 0 saturated heterocycles. The topological polar surface area (TPSA) is 49.3 Å². The Morgan fingerprint density at radius 3 is 2.50 bits per heavy atom. The van der Waals surface area contributed by atoms with Crippen molar-refractivity contribution in [1.29, 1.82) is 0 Å². The van der Waals surface area contributed by atoms with Crippen LogP contribution >= 0.6 is 0 Å². The van der Waals surface area contributed by atoms with Crippen molar-refractivity contribution >= 4 is 5.91 Å². The van der Waals surface area contributed by atoms with Crippen molar-refractivity contribution in [3.63, 3.8) is 0 Å². The highest BCUT2D eigenvalue weighted by molar-refractivity contribution is 5.77. The van der Waals surface area contributed by atoms with Gasteiger partial charge >= 0.3 is 0 Å². The molecule has 0 aliphatic rings. The van der Waals surface area contributed by atoms with E-state index in [9.17, 15) is 4.79 Å². The average Bonchev–Trinajstić information content (AvgIpc) is 2.29. The van der Waals surface area contributed by atoms with Gasteiger partial charge in [-0.1, -0.05) is 37.3 Å². The summed E-state index contributed by atoms with van der Waals surface area (Å²) in [6, 6.07) is 9.78. The van der Waals surface area contributed by atoms with Gasteiger partial charge in [0.25, 0.3) is 0 Å². The van der Waals surface area contributed by atoms with Crippen LogP contribution in [-0.4, -0.2) is 23.7 Å². The highest BCUT2D eigenvalue weighted by Gasteiger charge is 2.12. The molecule has 2 unspecified atom stereocenters. The summed E-state index contributed by atoms with van der Waals surface area (Å²) in [7, 11) is 0. The van der Waals surface area contributed by atoms with Gasteiger partial charge < -0.3 is 10.4 Å². The van der Waals surface area contributed by atoms with Crippen LogP contribution < -0.4 is 5.32 Å². The zero-order chi connectivity index (χ0) is 12.0. The van der Waals surface area contributed by atoms with Crippen molar-refractivity contribution in [3.8, 4) is 0 Å². The van der Waals surface area contributed by atoms with Gasteiger partial charge in [0.05, 0.1) is 6.61 Å². The van der Waals surface area contributed by atoms with Crippen LogP contribution in [0.25, 0.3) is 0 Å². The first kappa shape index (κ1) is 12.7. The van der Waals surface area contributed by atoms with E-state index in [0.717, 1.165) is 5.56 Å². The van der Waals surface area contributed by atoms with Crippen LogP contribution in [0, 0.1) is 0 Å². The van der Waals surface area contributed by atoms with Crippen LogP contribution in [0.4, 0.5) is 0 Å². The van der Waals surface area contributed by atoms with Crippen molar-refractivity contribution in [1.82, 2.24) is 5.32 Å². The van der Waals surface area contributed by atoms with Gasteiger partial charge in [0.1, 0.15) is 0 Å². The third kappa shape index (κ3) is 4.03. The molecule has 3 heteroatoms. The number of hydrogen-bond acceptors (Lipinski definition) is 2. The lowest BCUT2D eigenvalue weighted by Crippen LogP contribution is -2.35. The van der Waals surface area contributed by atoms with Crippen LogP contribution in [0.5, 0.6) is 0 Å². The normalized spacial score (nSPS) is 14.2. The van der Waals surface area contributed by atoms with Crippen LogP contribution in [0.3, 0.4) is 0 Å². The predicted molar refractivity (Wildman–Crippen MR) is 64.2 cm³/mol. The van der Waals surface area contributed by atoms with Gasteiger partial charge in [-0.3, -0.25) is 4.79 Å². The van der Waals surface area contributed by atoms with E-state index in [1.165, 1.54) is 0 Å². The largest absolute Gasteiger partial charge is 0.394 e. The molecule has 0 fully saturated rings.